The second kappa shape index (κ2) is 8.40. The molecule has 5 heteroatoms. The Morgan fingerprint density at radius 3 is 2.88 bits per heavy atom. The van der Waals surface area contributed by atoms with E-state index in [0.29, 0.717) is 24.9 Å². The number of carbonyl (C=O) groups is 1. The number of phenolic OH excluding ortho intramolecular Hbond substituents is 1. The first-order valence-corrected chi connectivity index (χ1v) is 10.0. The average molecular weight is 360 g/mol. The molecule has 0 saturated carbocycles. The highest BCUT2D eigenvalue weighted by atomic mass is 16.3. The lowest BCUT2D eigenvalue weighted by Crippen LogP contribution is -2.55. The Bertz CT molecular complexity index is 632. The fourth-order valence-corrected chi connectivity index (χ4v) is 4.07. The van der Waals surface area contributed by atoms with Crippen molar-refractivity contribution in [2.45, 2.75) is 71.1 Å². The van der Waals surface area contributed by atoms with Gasteiger partial charge in [0.05, 0.1) is 6.04 Å². The molecule has 2 heterocycles. The summed E-state index contributed by atoms with van der Waals surface area (Å²) in [6, 6.07) is 5.99. The second-order valence-electron chi connectivity index (χ2n) is 8.29. The Morgan fingerprint density at radius 2 is 2.15 bits per heavy atom. The van der Waals surface area contributed by atoms with Crippen molar-refractivity contribution < 1.29 is 9.90 Å². The van der Waals surface area contributed by atoms with E-state index in [1.807, 2.05) is 6.07 Å². The normalized spacial score (nSPS) is 24.9. The molecule has 3 atom stereocenters. The number of rotatable bonds is 5. The Hall–Kier alpha value is -1.59. The van der Waals surface area contributed by atoms with Crippen LogP contribution in [0.5, 0.6) is 5.75 Å². The van der Waals surface area contributed by atoms with Gasteiger partial charge in [0.15, 0.2) is 0 Å². The molecule has 1 aromatic rings. The van der Waals surface area contributed by atoms with Gasteiger partial charge in [-0.25, -0.2) is 0 Å². The maximum absolute atomic E-state index is 12.9. The van der Waals surface area contributed by atoms with E-state index >= 15 is 0 Å². The Balaban J connectivity index is 1.60. The highest BCUT2D eigenvalue weighted by Gasteiger charge is 2.29. The number of nitrogens with one attached hydrogen (secondary N) is 2. The maximum Gasteiger partial charge on any atom is 0.237 e. The monoisotopic (exact) mass is 359 g/mol. The number of nitrogens with zero attached hydrogens (tertiary/aromatic N) is 1. The van der Waals surface area contributed by atoms with Crippen LogP contribution in [0.3, 0.4) is 0 Å². The molecule has 3 N–H and O–H groups in total. The van der Waals surface area contributed by atoms with Crippen LogP contribution in [0.25, 0.3) is 0 Å². The number of piperidine rings is 1. The number of aromatic hydroxyl groups is 1. The molecule has 144 valence electrons. The largest absolute Gasteiger partial charge is 0.508 e. The molecular weight excluding hydrogens is 326 g/mol. The van der Waals surface area contributed by atoms with E-state index in [-0.39, 0.29) is 23.7 Å². The summed E-state index contributed by atoms with van der Waals surface area (Å²) in [4.78, 5) is 15.4. The summed E-state index contributed by atoms with van der Waals surface area (Å²) in [5, 5.41) is 16.2. The number of hydrogen-bond donors (Lipinski definition) is 3. The highest BCUT2D eigenvalue weighted by molar-refractivity contribution is 5.82. The molecule has 0 radical (unpaired) electrons. The van der Waals surface area contributed by atoms with Crippen molar-refractivity contribution in [2.75, 3.05) is 13.1 Å². The Kier molecular flexibility index (Phi) is 6.20. The van der Waals surface area contributed by atoms with Gasteiger partial charge in [0, 0.05) is 25.2 Å². The van der Waals surface area contributed by atoms with Crippen molar-refractivity contribution in [2.24, 2.45) is 5.92 Å². The van der Waals surface area contributed by atoms with Gasteiger partial charge in [-0.3, -0.25) is 9.69 Å². The number of amides is 1. The van der Waals surface area contributed by atoms with Gasteiger partial charge in [0.25, 0.3) is 0 Å². The van der Waals surface area contributed by atoms with E-state index < -0.39 is 0 Å². The molecule has 1 aromatic carbocycles. The van der Waals surface area contributed by atoms with Crippen molar-refractivity contribution in [3.05, 3.63) is 29.3 Å². The average Bonchev–Trinajstić information content (AvgIpc) is 2.62. The topological polar surface area (TPSA) is 64.6 Å². The van der Waals surface area contributed by atoms with Gasteiger partial charge in [-0.1, -0.05) is 26.3 Å². The number of carbonyl (C=O) groups excluding carboxylic acids is 1. The molecule has 26 heavy (non-hydrogen) atoms. The zero-order valence-electron chi connectivity index (χ0n) is 16.3. The summed E-state index contributed by atoms with van der Waals surface area (Å²) < 4.78 is 0. The van der Waals surface area contributed by atoms with Crippen molar-refractivity contribution in [1.29, 1.82) is 0 Å². The molecule has 0 bridgehead atoms. The van der Waals surface area contributed by atoms with E-state index in [1.165, 1.54) is 19.3 Å². The lowest BCUT2D eigenvalue weighted by Gasteiger charge is -2.38. The minimum Gasteiger partial charge on any atom is -0.508 e. The molecular formula is C21H33N3O2. The molecule has 3 rings (SSSR count). The molecule has 2 aliphatic heterocycles. The van der Waals surface area contributed by atoms with E-state index in [4.69, 9.17) is 0 Å². The third-order valence-corrected chi connectivity index (χ3v) is 5.97. The second-order valence-corrected chi connectivity index (χ2v) is 8.29. The fourth-order valence-electron chi connectivity index (χ4n) is 4.07. The van der Waals surface area contributed by atoms with E-state index in [0.717, 1.165) is 24.2 Å². The summed E-state index contributed by atoms with van der Waals surface area (Å²) >= 11 is 0. The van der Waals surface area contributed by atoms with Crippen molar-refractivity contribution in [1.82, 2.24) is 15.5 Å². The molecule has 5 nitrogen and oxygen atoms in total. The third-order valence-electron chi connectivity index (χ3n) is 5.97. The van der Waals surface area contributed by atoms with Gasteiger partial charge >= 0.3 is 0 Å². The SMILES string of the molecule is CC(C)[C@@H](CN1CCCCC1C)NC(=O)[C@H]1Cc2ccc(O)cc2CN1. The zero-order valence-corrected chi connectivity index (χ0v) is 16.3. The number of phenols is 1. The molecule has 0 aliphatic carbocycles. The molecule has 0 aromatic heterocycles. The van der Waals surface area contributed by atoms with Crippen LogP contribution in [0.1, 0.15) is 51.2 Å². The van der Waals surface area contributed by atoms with Crippen LogP contribution >= 0.6 is 0 Å². The van der Waals surface area contributed by atoms with Crippen LogP contribution in [-0.4, -0.2) is 47.1 Å². The van der Waals surface area contributed by atoms with E-state index in [2.05, 4.69) is 36.3 Å². The van der Waals surface area contributed by atoms with Crippen LogP contribution in [0.4, 0.5) is 0 Å². The quantitative estimate of drug-likeness (QED) is 0.755. The fraction of sp³-hybridized carbons (Fsp3) is 0.667. The van der Waals surface area contributed by atoms with E-state index in [1.54, 1.807) is 12.1 Å². The Morgan fingerprint density at radius 1 is 1.35 bits per heavy atom. The van der Waals surface area contributed by atoms with Gasteiger partial charge in [0.2, 0.25) is 5.91 Å². The van der Waals surface area contributed by atoms with Crippen molar-refractivity contribution in [3.8, 4) is 5.75 Å². The Labute approximate surface area is 157 Å². The van der Waals surface area contributed by atoms with Gasteiger partial charge < -0.3 is 15.7 Å². The highest BCUT2D eigenvalue weighted by Crippen LogP contribution is 2.22. The lowest BCUT2D eigenvalue weighted by molar-refractivity contribution is -0.124. The molecule has 2 aliphatic rings. The van der Waals surface area contributed by atoms with Crippen molar-refractivity contribution >= 4 is 5.91 Å². The van der Waals surface area contributed by atoms with Gasteiger partial charge in [-0.15, -0.1) is 0 Å². The van der Waals surface area contributed by atoms with E-state index in [9.17, 15) is 9.90 Å². The first kappa shape index (κ1) is 19.2. The number of hydrogen-bond acceptors (Lipinski definition) is 4. The standard InChI is InChI=1S/C21H33N3O2/c1-14(2)20(13-24-9-5-4-6-15(24)3)23-21(26)19-11-16-7-8-18(25)10-17(16)12-22-19/h7-8,10,14-15,19-20,22,25H,4-6,9,11-13H2,1-3H3,(H,23,26)/t15?,19-,20-/m1/s1. The number of likely N-dealkylation sites (tertiary alicyclic amines) is 1. The maximum atomic E-state index is 12.9. The van der Waals surface area contributed by atoms with Crippen LogP contribution in [0.2, 0.25) is 0 Å². The molecule has 1 fully saturated rings. The summed E-state index contributed by atoms with van der Waals surface area (Å²) in [6.45, 7) is 9.36. The smallest absolute Gasteiger partial charge is 0.237 e. The lowest BCUT2D eigenvalue weighted by atomic mass is 9.94. The minimum absolute atomic E-state index is 0.0899. The first-order chi connectivity index (χ1) is 12.4. The van der Waals surface area contributed by atoms with Gasteiger partial charge in [-0.2, -0.15) is 0 Å². The van der Waals surface area contributed by atoms with Crippen molar-refractivity contribution in [3.63, 3.8) is 0 Å². The summed E-state index contributed by atoms with van der Waals surface area (Å²) in [5.41, 5.74) is 2.23. The molecule has 1 saturated heterocycles. The van der Waals surface area contributed by atoms with Crippen LogP contribution in [0, 0.1) is 5.92 Å². The summed E-state index contributed by atoms with van der Waals surface area (Å²) in [5.74, 6) is 0.775. The third kappa shape index (κ3) is 4.57. The first-order valence-electron chi connectivity index (χ1n) is 10.0. The minimum atomic E-state index is -0.202. The summed E-state index contributed by atoms with van der Waals surface area (Å²) in [7, 11) is 0. The predicted octanol–water partition coefficient (Wildman–Crippen LogP) is 2.42. The zero-order chi connectivity index (χ0) is 18.7. The van der Waals surface area contributed by atoms with Gasteiger partial charge in [-0.05, 0) is 61.9 Å². The van der Waals surface area contributed by atoms with Gasteiger partial charge in [0.1, 0.15) is 5.75 Å². The van der Waals surface area contributed by atoms with Crippen LogP contribution < -0.4 is 10.6 Å². The number of fused-ring (bicyclic) bond motifs is 1. The summed E-state index contributed by atoms with van der Waals surface area (Å²) in [6.07, 6.45) is 4.51. The molecule has 1 unspecified atom stereocenters. The molecule has 1 amide bonds. The molecule has 0 spiro atoms. The van der Waals surface area contributed by atoms with Crippen LogP contribution in [0.15, 0.2) is 18.2 Å². The number of benzene rings is 1. The predicted molar refractivity (Wildman–Crippen MR) is 104 cm³/mol. The van der Waals surface area contributed by atoms with Crippen LogP contribution in [-0.2, 0) is 17.8 Å².